The van der Waals surface area contributed by atoms with Gasteiger partial charge in [0.1, 0.15) is 5.82 Å². The third-order valence-corrected chi connectivity index (χ3v) is 4.01. The van der Waals surface area contributed by atoms with Gasteiger partial charge in [0, 0.05) is 12.4 Å². The summed E-state index contributed by atoms with van der Waals surface area (Å²) in [6.07, 6.45) is 6.06. The molecule has 0 unspecified atom stereocenters. The number of anilines is 1. The number of aromatic nitrogens is 1. The van der Waals surface area contributed by atoms with Crippen molar-refractivity contribution in [1.82, 2.24) is 4.98 Å². The van der Waals surface area contributed by atoms with Gasteiger partial charge < -0.3 is 5.32 Å². The van der Waals surface area contributed by atoms with Crippen LogP contribution in [0.1, 0.15) is 36.5 Å². The maximum atomic E-state index is 4.87. The maximum Gasteiger partial charge on any atom is 0.129 e. The molecule has 1 aromatic carbocycles. The van der Waals surface area contributed by atoms with Crippen LogP contribution in [0.2, 0.25) is 0 Å². The summed E-state index contributed by atoms with van der Waals surface area (Å²) in [6, 6.07) is 6.84. The molecule has 2 aromatic rings. The first-order valence-corrected chi connectivity index (χ1v) is 6.95. The van der Waals surface area contributed by atoms with Gasteiger partial charge in [-0.3, -0.25) is 0 Å². The van der Waals surface area contributed by atoms with Crippen molar-refractivity contribution in [2.75, 3.05) is 12.4 Å². The van der Waals surface area contributed by atoms with Gasteiger partial charge in [0.2, 0.25) is 0 Å². The van der Waals surface area contributed by atoms with Crippen LogP contribution in [0.5, 0.6) is 0 Å². The van der Waals surface area contributed by atoms with Gasteiger partial charge in [-0.25, -0.2) is 4.98 Å². The summed E-state index contributed by atoms with van der Waals surface area (Å²) in [4.78, 5) is 4.87. The van der Waals surface area contributed by atoms with E-state index in [2.05, 4.69) is 30.4 Å². The molecule has 2 nitrogen and oxygen atoms in total. The molecule has 0 radical (unpaired) electrons. The molecule has 0 spiro atoms. The number of rotatable bonds is 2. The van der Waals surface area contributed by atoms with Crippen LogP contribution in [0.4, 0.5) is 5.82 Å². The van der Waals surface area contributed by atoms with Gasteiger partial charge in [0.15, 0.2) is 0 Å². The van der Waals surface area contributed by atoms with Crippen LogP contribution in [0.3, 0.4) is 0 Å². The Balaban J connectivity index is 2.27. The third-order valence-electron chi connectivity index (χ3n) is 4.01. The summed E-state index contributed by atoms with van der Waals surface area (Å²) >= 11 is 0. The Bertz CT molecular complexity index is 587. The molecule has 1 heterocycles. The number of fused-ring (bicyclic) bond motifs is 3. The van der Waals surface area contributed by atoms with E-state index in [1.807, 2.05) is 7.05 Å². The molecule has 1 aromatic heterocycles. The average Bonchev–Trinajstić information content (AvgIpc) is 2.45. The molecule has 0 atom stereocenters. The molecule has 0 bridgehead atoms. The van der Waals surface area contributed by atoms with Crippen molar-refractivity contribution in [3.05, 3.63) is 34.9 Å². The Morgan fingerprint density at radius 2 is 2.06 bits per heavy atom. The highest BCUT2D eigenvalue weighted by molar-refractivity contribution is 5.86. The standard InChI is InChI=1S/C16H20N2/c1-3-11-10-13-9-8-12-6-4-5-7-14(12)15(13)18-16(11)17-2/h8-10H,3-7H2,1-2H3,(H,17,18). The molecule has 1 aliphatic rings. The quantitative estimate of drug-likeness (QED) is 0.865. The van der Waals surface area contributed by atoms with E-state index in [0.717, 1.165) is 12.2 Å². The van der Waals surface area contributed by atoms with Gasteiger partial charge in [-0.05, 0) is 54.9 Å². The molecule has 0 aliphatic heterocycles. The highest BCUT2D eigenvalue weighted by Gasteiger charge is 2.14. The highest BCUT2D eigenvalue weighted by atomic mass is 15.0. The summed E-state index contributed by atoms with van der Waals surface area (Å²) in [5, 5.41) is 4.53. The number of benzene rings is 1. The zero-order chi connectivity index (χ0) is 12.5. The fraction of sp³-hybridized carbons (Fsp3) is 0.438. The van der Waals surface area contributed by atoms with Crippen LogP contribution in [0, 0.1) is 0 Å². The first-order valence-electron chi connectivity index (χ1n) is 6.95. The summed E-state index contributed by atoms with van der Waals surface area (Å²) in [6.45, 7) is 2.18. The maximum absolute atomic E-state index is 4.87. The van der Waals surface area contributed by atoms with Gasteiger partial charge in [-0.2, -0.15) is 0 Å². The van der Waals surface area contributed by atoms with Crippen LogP contribution in [-0.4, -0.2) is 12.0 Å². The molecular weight excluding hydrogens is 220 g/mol. The minimum atomic E-state index is 1.02. The zero-order valence-corrected chi connectivity index (χ0v) is 11.2. The number of nitrogens with zero attached hydrogens (tertiary/aromatic N) is 1. The van der Waals surface area contributed by atoms with Crippen molar-refractivity contribution in [2.24, 2.45) is 0 Å². The second-order valence-corrected chi connectivity index (χ2v) is 5.08. The topological polar surface area (TPSA) is 24.9 Å². The normalized spacial score (nSPS) is 14.6. The van der Waals surface area contributed by atoms with Gasteiger partial charge in [0.25, 0.3) is 0 Å². The smallest absolute Gasteiger partial charge is 0.129 e. The van der Waals surface area contributed by atoms with Crippen LogP contribution >= 0.6 is 0 Å². The lowest BCUT2D eigenvalue weighted by Crippen LogP contribution is -2.06. The Labute approximate surface area is 108 Å². The van der Waals surface area contributed by atoms with Gasteiger partial charge in [-0.1, -0.05) is 19.1 Å². The first-order chi connectivity index (χ1) is 8.83. The van der Waals surface area contributed by atoms with Crippen molar-refractivity contribution in [3.63, 3.8) is 0 Å². The summed E-state index contributed by atoms with van der Waals surface area (Å²) in [5.74, 6) is 1.05. The minimum absolute atomic E-state index is 1.02. The van der Waals surface area contributed by atoms with Gasteiger partial charge in [-0.15, -0.1) is 0 Å². The van der Waals surface area contributed by atoms with E-state index in [9.17, 15) is 0 Å². The summed E-state index contributed by atoms with van der Waals surface area (Å²) in [5.41, 5.74) is 5.51. The number of pyridine rings is 1. The van der Waals surface area contributed by atoms with Crippen LogP contribution in [-0.2, 0) is 19.3 Å². The number of nitrogens with one attached hydrogen (secondary N) is 1. The Morgan fingerprint density at radius 3 is 2.83 bits per heavy atom. The fourth-order valence-electron chi connectivity index (χ4n) is 3.00. The molecule has 3 rings (SSSR count). The molecule has 1 aliphatic carbocycles. The molecule has 94 valence electrons. The molecule has 2 heteroatoms. The predicted molar refractivity (Wildman–Crippen MR) is 77.3 cm³/mol. The van der Waals surface area contributed by atoms with E-state index in [1.165, 1.54) is 53.3 Å². The number of hydrogen-bond donors (Lipinski definition) is 1. The van der Waals surface area contributed by atoms with Crippen molar-refractivity contribution in [3.8, 4) is 0 Å². The van der Waals surface area contributed by atoms with Crippen molar-refractivity contribution in [1.29, 1.82) is 0 Å². The van der Waals surface area contributed by atoms with E-state index in [0.29, 0.717) is 0 Å². The summed E-state index contributed by atoms with van der Waals surface area (Å²) < 4.78 is 0. The van der Waals surface area contributed by atoms with Crippen molar-refractivity contribution in [2.45, 2.75) is 39.0 Å². The van der Waals surface area contributed by atoms with E-state index < -0.39 is 0 Å². The van der Waals surface area contributed by atoms with E-state index in [1.54, 1.807) is 0 Å². The molecule has 18 heavy (non-hydrogen) atoms. The Hall–Kier alpha value is -1.57. The fourth-order valence-corrected chi connectivity index (χ4v) is 3.00. The van der Waals surface area contributed by atoms with E-state index >= 15 is 0 Å². The van der Waals surface area contributed by atoms with Crippen LogP contribution in [0.25, 0.3) is 10.9 Å². The molecule has 1 N–H and O–H groups in total. The lowest BCUT2D eigenvalue weighted by atomic mass is 9.89. The lowest BCUT2D eigenvalue weighted by molar-refractivity contribution is 0.689. The van der Waals surface area contributed by atoms with Crippen molar-refractivity contribution < 1.29 is 0 Å². The SMILES string of the molecule is CCc1cc2ccc3c(c2nc1NC)CCCC3. The Kier molecular flexibility index (Phi) is 2.94. The van der Waals surface area contributed by atoms with Crippen molar-refractivity contribution >= 4 is 16.7 Å². The zero-order valence-electron chi connectivity index (χ0n) is 11.2. The first kappa shape index (κ1) is 11.5. The summed E-state index contributed by atoms with van der Waals surface area (Å²) in [7, 11) is 1.96. The largest absolute Gasteiger partial charge is 0.373 e. The lowest BCUT2D eigenvalue weighted by Gasteiger charge is -2.18. The second kappa shape index (κ2) is 4.60. The van der Waals surface area contributed by atoms with E-state index in [4.69, 9.17) is 4.98 Å². The monoisotopic (exact) mass is 240 g/mol. The molecular formula is C16H20N2. The van der Waals surface area contributed by atoms with E-state index in [-0.39, 0.29) is 0 Å². The second-order valence-electron chi connectivity index (χ2n) is 5.08. The number of aryl methyl sites for hydroxylation is 3. The molecule has 0 amide bonds. The predicted octanol–water partition coefficient (Wildman–Crippen LogP) is 3.72. The molecule has 0 saturated carbocycles. The molecule has 0 fully saturated rings. The van der Waals surface area contributed by atoms with Crippen LogP contribution in [0.15, 0.2) is 18.2 Å². The number of hydrogen-bond acceptors (Lipinski definition) is 2. The highest BCUT2D eigenvalue weighted by Crippen LogP contribution is 2.30. The van der Waals surface area contributed by atoms with Gasteiger partial charge in [0.05, 0.1) is 5.52 Å². The minimum Gasteiger partial charge on any atom is -0.373 e. The molecule has 0 saturated heterocycles. The third kappa shape index (κ3) is 1.76. The van der Waals surface area contributed by atoms with Crippen LogP contribution < -0.4 is 5.32 Å². The Morgan fingerprint density at radius 1 is 1.22 bits per heavy atom. The average molecular weight is 240 g/mol. The van der Waals surface area contributed by atoms with Gasteiger partial charge >= 0.3 is 0 Å².